The summed E-state index contributed by atoms with van der Waals surface area (Å²) >= 11 is 0. The van der Waals surface area contributed by atoms with Crippen molar-refractivity contribution < 1.29 is 13.2 Å². The van der Waals surface area contributed by atoms with Gasteiger partial charge in [-0.15, -0.1) is 0 Å². The van der Waals surface area contributed by atoms with Crippen LogP contribution in [0.15, 0.2) is 30.8 Å². The van der Waals surface area contributed by atoms with Crippen LogP contribution in [-0.4, -0.2) is 6.18 Å². The van der Waals surface area contributed by atoms with Crippen molar-refractivity contribution in [2.24, 2.45) is 0 Å². The average molecular weight is 298 g/mol. The summed E-state index contributed by atoms with van der Waals surface area (Å²) in [5, 5.41) is 0. The van der Waals surface area contributed by atoms with E-state index in [4.69, 9.17) is 0 Å². The Balaban J connectivity index is 1.98. The third-order valence-electron chi connectivity index (χ3n) is 3.61. The van der Waals surface area contributed by atoms with Crippen molar-refractivity contribution in [3.05, 3.63) is 42.0 Å². The van der Waals surface area contributed by atoms with Crippen molar-refractivity contribution in [1.82, 2.24) is 0 Å². The van der Waals surface area contributed by atoms with Gasteiger partial charge in [-0.05, 0) is 30.4 Å². The van der Waals surface area contributed by atoms with E-state index < -0.39 is 12.6 Å². The first kappa shape index (κ1) is 17.8. The zero-order chi connectivity index (χ0) is 15.6. The van der Waals surface area contributed by atoms with Gasteiger partial charge < -0.3 is 0 Å². The predicted molar refractivity (Wildman–Crippen MR) is 83.2 cm³/mol. The second-order valence-electron chi connectivity index (χ2n) is 5.54. The Morgan fingerprint density at radius 2 is 1.52 bits per heavy atom. The number of hydrogen-bond donors (Lipinski definition) is 0. The molecule has 0 aliphatic rings. The molecule has 0 spiro atoms. The largest absolute Gasteiger partial charge is 0.389 e. The molecule has 0 nitrogen and oxygen atoms in total. The summed E-state index contributed by atoms with van der Waals surface area (Å²) in [6.45, 7) is 3.76. The summed E-state index contributed by atoms with van der Waals surface area (Å²) in [6, 6.07) is 8.37. The molecule has 0 aromatic heterocycles. The number of aryl methyl sites for hydroxylation is 1. The highest BCUT2D eigenvalue weighted by Crippen LogP contribution is 2.23. The molecule has 1 aromatic rings. The summed E-state index contributed by atoms with van der Waals surface area (Å²) in [6.07, 6.45) is 4.64. The van der Waals surface area contributed by atoms with E-state index in [1.54, 1.807) is 0 Å². The van der Waals surface area contributed by atoms with Gasteiger partial charge in [-0.25, -0.2) is 0 Å². The molecule has 0 atom stereocenters. The van der Waals surface area contributed by atoms with Crippen LogP contribution in [0.1, 0.15) is 62.5 Å². The van der Waals surface area contributed by atoms with Gasteiger partial charge in [-0.1, -0.05) is 69.0 Å². The van der Waals surface area contributed by atoms with Crippen molar-refractivity contribution in [2.45, 2.75) is 64.0 Å². The molecule has 0 aliphatic heterocycles. The topological polar surface area (TPSA) is 0 Å². The van der Waals surface area contributed by atoms with Crippen LogP contribution in [-0.2, 0) is 6.42 Å². The van der Waals surface area contributed by atoms with E-state index in [0.717, 1.165) is 44.1 Å². The monoisotopic (exact) mass is 298 g/mol. The highest BCUT2D eigenvalue weighted by Gasteiger charge is 2.25. The third-order valence-corrected chi connectivity index (χ3v) is 3.61. The summed E-state index contributed by atoms with van der Waals surface area (Å²) in [7, 11) is 0. The lowest BCUT2D eigenvalue weighted by atomic mass is 10.0. The fraction of sp³-hybridized carbons (Fsp3) is 0.556. The number of halogens is 3. The molecule has 1 rings (SSSR count). The molecule has 0 saturated heterocycles. The van der Waals surface area contributed by atoms with E-state index in [1.165, 1.54) is 5.56 Å². The Bertz CT molecular complexity index is 407. The van der Waals surface area contributed by atoms with Gasteiger partial charge in [0.05, 0.1) is 0 Å². The third kappa shape index (κ3) is 9.33. The molecule has 0 saturated carbocycles. The molecule has 1 aromatic carbocycles. The number of alkyl halides is 3. The number of benzene rings is 1. The number of hydrogen-bond acceptors (Lipinski definition) is 0. The molecule has 0 fully saturated rings. The Morgan fingerprint density at radius 1 is 0.905 bits per heavy atom. The van der Waals surface area contributed by atoms with E-state index in [2.05, 4.69) is 18.7 Å². The van der Waals surface area contributed by atoms with E-state index in [9.17, 15) is 13.2 Å². The molecule has 0 N–H and O–H groups in total. The van der Waals surface area contributed by atoms with Crippen LogP contribution >= 0.6 is 0 Å². The lowest BCUT2D eigenvalue weighted by molar-refractivity contribution is -0.135. The van der Waals surface area contributed by atoms with Gasteiger partial charge in [0.2, 0.25) is 0 Å². The smallest absolute Gasteiger partial charge is 0.171 e. The minimum atomic E-state index is -3.99. The van der Waals surface area contributed by atoms with Gasteiger partial charge in [0.25, 0.3) is 0 Å². The van der Waals surface area contributed by atoms with E-state index in [1.807, 2.05) is 18.2 Å². The Morgan fingerprint density at radius 3 is 2.14 bits per heavy atom. The lowest BCUT2D eigenvalue weighted by Crippen LogP contribution is -2.06. The van der Waals surface area contributed by atoms with Gasteiger partial charge in [-0.2, -0.15) is 13.2 Å². The lowest BCUT2D eigenvalue weighted by Gasteiger charge is -2.06. The van der Waals surface area contributed by atoms with Gasteiger partial charge in [0, 0.05) is 6.42 Å². The molecular formula is C18H25F3. The zero-order valence-electron chi connectivity index (χ0n) is 12.6. The maximum Gasteiger partial charge on any atom is 0.389 e. The van der Waals surface area contributed by atoms with Crippen LogP contribution in [0.2, 0.25) is 0 Å². The van der Waals surface area contributed by atoms with Crippen LogP contribution in [0.4, 0.5) is 13.2 Å². The first-order valence-corrected chi connectivity index (χ1v) is 7.79. The Kier molecular flexibility index (Phi) is 8.17. The van der Waals surface area contributed by atoms with Crippen LogP contribution < -0.4 is 0 Å². The fourth-order valence-corrected chi connectivity index (χ4v) is 2.41. The van der Waals surface area contributed by atoms with E-state index >= 15 is 0 Å². The molecule has 3 heteroatoms. The van der Waals surface area contributed by atoms with Gasteiger partial charge >= 0.3 is 6.18 Å². The Labute approximate surface area is 126 Å². The first-order chi connectivity index (χ1) is 10.0. The molecule has 118 valence electrons. The van der Waals surface area contributed by atoms with Crippen molar-refractivity contribution in [3.63, 3.8) is 0 Å². The highest BCUT2D eigenvalue weighted by molar-refractivity contribution is 5.47. The summed E-state index contributed by atoms with van der Waals surface area (Å²) < 4.78 is 35.8. The average Bonchev–Trinajstić information content (AvgIpc) is 2.44. The second kappa shape index (κ2) is 9.64. The maximum absolute atomic E-state index is 11.9. The Hall–Kier alpha value is -1.25. The summed E-state index contributed by atoms with van der Waals surface area (Å²) in [4.78, 5) is 0. The van der Waals surface area contributed by atoms with Crippen LogP contribution in [0.3, 0.4) is 0 Å². The van der Waals surface area contributed by atoms with E-state index in [-0.39, 0.29) is 6.42 Å². The van der Waals surface area contributed by atoms with Crippen molar-refractivity contribution in [1.29, 1.82) is 0 Å². The molecule has 0 bridgehead atoms. The minimum absolute atomic E-state index is 0.276. The minimum Gasteiger partial charge on any atom is -0.171 e. The normalized spacial score (nSPS) is 11.6. The SMILES string of the molecule is C=Cc1cccc(CCCCCCCCCC(F)(F)F)c1. The molecule has 21 heavy (non-hydrogen) atoms. The van der Waals surface area contributed by atoms with E-state index in [0.29, 0.717) is 6.42 Å². The molecule has 0 unspecified atom stereocenters. The van der Waals surface area contributed by atoms with Gasteiger partial charge in [0.15, 0.2) is 0 Å². The molecule has 0 radical (unpaired) electrons. The van der Waals surface area contributed by atoms with Crippen molar-refractivity contribution >= 4 is 6.08 Å². The highest BCUT2D eigenvalue weighted by atomic mass is 19.4. The van der Waals surface area contributed by atoms with Crippen molar-refractivity contribution in [2.75, 3.05) is 0 Å². The quantitative estimate of drug-likeness (QED) is 0.429. The van der Waals surface area contributed by atoms with Crippen molar-refractivity contribution in [3.8, 4) is 0 Å². The number of rotatable bonds is 10. The molecule has 0 heterocycles. The standard InChI is InChI=1S/C18H25F3/c1-2-16-12-10-13-17(15-16)11-8-6-4-3-5-7-9-14-18(19,20)21/h2,10,12-13,15H,1,3-9,11,14H2. The van der Waals surface area contributed by atoms with Crippen LogP contribution in [0.5, 0.6) is 0 Å². The fourth-order valence-electron chi connectivity index (χ4n) is 2.41. The zero-order valence-corrected chi connectivity index (χ0v) is 12.6. The maximum atomic E-state index is 11.9. The predicted octanol–water partition coefficient (Wildman–Crippen LogP) is 6.56. The summed E-state index contributed by atoms with van der Waals surface area (Å²) in [5.74, 6) is 0. The molecule has 0 aliphatic carbocycles. The number of unbranched alkanes of at least 4 members (excludes halogenated alkanes) is 6. The second-order valence-corrected chi connectivity index (χ2v) is 5.54. The van der Waals surface area contributed by atoms with Gasteiger partial charge in [-0.3, -0.25) is 0 Å². The van der Waals surface area contributed by atoms with Gasteiger partial charge in [0.1, 0.15) is 0 Å². The van der Waals surface area contributed by atoms with Crippen LogP contribution in [0.25, 0.3) is 6.08 Å². The van der Waals surface area contributed by atoms with Crippen LogP contribution in [0, 0.1) is 0 Å². The first-order valence-electron chi connectivity index (χ1n) is 7.79. The molecule has 0 amide bonds. The molecular weight excluding hydrogens is 273 g/mol. The summed E-state index contributed by atoms with van der Waals surface area (Å²) in [5.41, 5.74) is 2.48.